The molecule has 1 aromatic carbocycles. The number of nitrogens with zero attached hydrogens (tertiary/aromatic N) is 4. The standard InChI is InChI=1S/C20H19ClN4O2/c1-23-19(26)17(14-5-7-15(21)8-6-14)18(20(23)27)25-12-10-24(11-13-25)16-4-2-3-9-22-16/h2-9H,10-13H2,1H3. The lowest BCUT2D eigenvalue weighted by Gasteiger charge is -2.37. The third kappa shape index (κ3) is 3.17. The van der Waals surface area contributed by atoms with Crippen LogP contribution in [0.4, 0.5) is 5.82 Å². The molecular formula is C20H19ClN4O2. The van der Waals surface area contributed by atoms with Crippen molar-refractivity contribution in [3.05, 3.63) is 64.9 Å². The summed E-state index contributed by atoms with van der Waals surface area (Å²) in [4.78, 5) is 35.2. The molecule has 0 N–H and O–H groups in total. The highest BCUT2D eigenvalue weighted by atomic mass is 35.5. The smallest absolute Gasteiger partial charge is 0.277 e. The molecule has 1 saturated heterocycles. The second kappa shape index (κ2) is 7.04. The van der Waals surface area contributed by atoms with E-state index in [2.05, 4.69) is 9.88 Å². The molecule has 2 aliphatic rings. The van der Waals surface area contributed by atoms with Crippen molar-refractivity contribution in [1.29, 1.82) is 0 Å². The van der Waals surface area contributed by atoms with E-state index in [1.165, 1.54) is 11.9 Å². The zero-order valence-electron chi connectivity index (χ0n) is 14.9. The Balaban J connectivity index is 1.63. The van der Waals surface area contributed by atoms with Crippen LogP contribution in [-0.2, 0) is 9.59 Å². The van der Waals surface area contributed by atoms with Crippen molar-refractivity contribution >= 4 is 34.8 Å². The second-order valence-electron chi connectivity index (χ2n) is 6.56. The fourth-order valence-corrected chi connectivity index (χ4v) is 3.62. The molecule has 0 unspecified atom stereocenters. The number of amides is 2. The lowest BCUT2D eigenvalue weighted by molar-refractivity contribution is -0.135. The summed E-state index contributed by atoms with van der Waals surface area (Å²) in [5.41, 5.74) is 1.64. The van der Waals surface area contributed by atoms with E-state index in [1.54, 1.807) is 30.5 Å². The summed E-state index contributed by atoms with van der Waals surface area (Å²) in [5, 5.41) is 0.593. The summed E-state index contributed by atoms with van der Waals surface area (Å²) < 4.78 is 0. The average molecular weight is 383 g/mol. The first-order valence-corrected chi connectivity index (χ1v) is 9.17. The Kier molecular flexibility index (Phi) is 4.58. The van der Waals surface area contributed by atoms with E-state index in [-0.39, 0.29) is 11.8 Å². The SMILES string of the molecule is CN1C(=O)C(c2ccc(Cl)cc2)=C(N2CCN(c3ccccn3)CC2)C1=O. The van der Waals surface area contributed by atoms with Gasteiger partial charge in [0.2, 0.25) is 0 Å². The Labute approximate surface area is 162 Å². The number of likely N-dealkylation sites (N-methyl/N-ethyl adjacent to an activating group) is 1. The monoisotopic (exact) mass is 382 g/mol. The topological polar surface area (TPSA) is 56.8 Å². The number of piperazine rings is 1. The van der Waals surface area contributed by atoms with Gasteiger partial charge in [0, 0.05) is 44.4 Å². The lowest BCUT2D eigenvalue weighted by Crippen LogP contribution is -2.47. The van der Waals surface area contributed by atoms with Crippen LogP contribution in [0.2, 0.25) is 5.02 Å². The molecule has 4 rings (SSSR count). The number of halogens is 1. The molecule has 1 fully saturated rings. The minimum Gasteiger partial charge on any atom is -0.363 e. The van der Waals surface area contributed by atoms with Gasteiger partial charge in [0.1, 0.15) is 11.5 Å². The van der Waals surface area contributed by atoms with E-state index in [9.17, 15) is 9.59 Å². The number of imide groups is 1. The van der Waals surface area contributed by atoms with Crippen molar-refractivity contribution in [1.82, 2.24) is 14.8 Å². The van der Waals surface area contributed by atoms with Gasteiger partial charge in [-0.25, -0.2) is 4.98 Å². The number of carbonyl (C=O) groups is 2. The van der Waals surface area contributed by atoms with Crippen LogP contribution in [0.15, 0.2) is 54.4 Å². The van der Waals surface area contributed by atoms with Crippen molar-refractivity contribution in [2.45, 2.75) is 0 Å². The first-order valence-electron chi connectivity index (χ1n) is 8.80. The molecule has 6 nitrogen and oxygen atoms in total. The van der Waals surface area contributed by atoms with Gasteiger partial charge in [-0.1, -0.05) is 29.8 Å². The number of benzene rings is 1. The fourth-order valence-electron chi connectivity index (χ4n) is 3.50. The minimum absolute atomic E-state index is 0.253. The normalized spacial score (nSPS) is 17.9. The van der Waals surface area contributed by atoms with Gasteiger partial charge in [-0.2, -0.15) is 0 Å². The third-order valence-corrected chi connectivity index (χ3v) is 5.22. The maximum atomic E-state index is 12.8. The van der Waals surface area contributed by atoms with Crippen LogP contribution in [0.25, 0.3) is 5.57 Å². The quantitative estimate of drug-likeness (QED) is 0.762. The molecule has 0 saturated carbocycles. The van der Waals surface area contributed by atoms with Gasteiger partial charge in [0.25, 0.3) is 11.8 Å². The summed E-state index contributed by atoms with van der Waals surface area (Å²) in [6.07, 6.45) is 1.77. The molecule has 27 heavy (non-hydrogen) atoms. The van der Waals surface area contributed by atoms with Gasteiger partial charge in [-0.05, 0) is 29.8 Å². The van der Waals surface area contributed by atoms with Crippen molar-refractivity contribution in [3.63, 3.8) is 0 Å². The molecule has 2 amide bonds. The van der Waals surface area contributed by atoms with Crippen LogP contribution in [0, 0.1) is 0 Å². The zero-order valence-corrected chi connectivity index (χ0v) is 15.7. The van der Waals surface area contributed by atoms with Crippen molar-refractivity contribution in [2.24, 2.45) is 0 Å². The Hall–Kier alpha value is -2.86. The van der Waals surface area contributed by atoms with Crippen molar-refractivity contribution < 1.29 is 9.59 Å². The molecule has 0 aliphatic carbocycles. The van der Waals surface area contributed by atoms with Gasteiger partial charge in [-0.15, -0.1) is 0 Å². The zero-order chi connectivity index (χ0) is 19.0. The van der Waals surface area contributed by atoms with Crippen molar-refractivity contribution in [3.8, 4) is 0 Å². The molecule has 3 heterocycles. The van der Waals surface area contributed by atoms with Gasteiger partial charge in [0.15, 0.2) is 0 Å². The van der Waals surface area contributed by atoms with E-state index >= 15 is 0 Å². The van der Waals surface area contributed by atoms with Crippen LogP contribution >= 0.6 is 11.6 Å². The van der Waals surface area contributed by atoms with Crippen LogP contribution in [0.1, 0.15) is 5.56 Å². The average Bonchev–Trinajstić information content (AvgIpc) is 2.93. The van der Waals surface area contributed by atoms with E-state index in [0.717, 1.165) is 18.9 Å². The van der Waals surface area contributed by atoms with Crippen molar-refractivity contribution in [2.75, 3.05) is 38.1 Å². The van der Waals surface area contributed by atoms with E-state index in [1.807, 2.05) is 23.1 Å². The summed E-state index contributed by atoms with van der Waals surface area (Å²) in [5.74, 6) is 0.399. The number of hydrogen-bond donors (Lipinski definition) is 0. The third-order valence-electron chi connectivity index (χ3n) is 4.96. The molecule has 0 atom stereocenters. The highest BCUT2D eigenvalue weighted by molar-refractivity contribution is 6.35. The van der Waals surface area contributed by atoms with Crippen LogP contribution in [-0.4, -0.2) is 59.8 Å². The molecule has 2 aromatic rings. The lowest BCUT2D eigenvalue weighted by atomic mass is 10.0. The van der Waals surface area contributed by atoms with Crippen LogP contribution < -0.4 is 4.90 Å². The number of rotatable bonds is 3. The number of anilines is 1. The Bertz CT molecular complexity index is 903. The fraction of sp³-hybridized carbons (Fsp3) is 0.250. The number of carbonyl (C=O) groups excluding carboxylic acids is 2. The summed E-state index contributed by atoms with van der Waals surface area (Å²) in [6, 6.07) is 12.9. The van der Waals surface area contributed by atoms with E-state index in [4.69, 9.17) is 11.6 Å². The first-order chi connectivity index (χ1) is 13.1. The van der Waals surface area contributed by atoms with Crippen LogP contribution in [0.3, 0.4) is 0 Å². The predicted octanol–water partition coefficient (Wildman–Crippen LogP) is 2.27. The number of hydrogen-bond acceptors (Lipinski definition) is 5. The minimum atomic E-state index is -0.274. The Morgan fingerprint density at radius 2 is 1.56 bits per heavy atom. The highest BCUT2D eigenvalue weighted by Crippen LogP contribution is 2.32. The van der Waals surface area contributed by atoms with Gasteiger partial charge in [-0.3, -0.25) is 14.5 Å². The summed E-state index contributed by atoms with van der Waals surface area (Å²) >= 11 is 5.97. The molecular weight excluding hydrogens is 364 g/mol. The molecule has 0 spiro atoms. The Morgan fingerprint density at radius 3 is 2.19 bits per heavy atom. The number of aromatic nitrogens is 1. The predicted molar refractivity (Wildman–Crippen MR) is 104 cm³/mol. The van der Waals surface area contributed by atoms with Gasteiger partial charge >= 0.3 is 0 Å². The Morgan fingerprint density at radius 1 is 0.889 bits per heavy atom. The van der Waals surface area contributed by atoms with Gasteiger partial charge in [0.05, 0.1) is 5.57 Å². The maximum Gasteiger partial charge on any atom is 0.277 e. The van der Waals surface area contributed by atoms with E-state index < -0.39 is 0 Å². The molecule has 0 bridgehead atoms. The molecule has 0 radical (unpaired) electrons. The largest absolute Gasteiger partial charge is 0.363 e. The molecule has 7 heteroatoms. The number of pyridine rings is 1. The second-order valence-corrected chi connectivity index (χ2v) is 7.00. The molecule has 1 aromatic heterocycles. The van der Waals surface area contributed by atoms with E-state index in [0.29, 0.717) is 34.9 Å². The summed E-state index contributed by atoms with van der Waals surface area (Å²) in [6.45, 7) is 2.77. The van der Waals surface area contributed by atoms with Gasteiger partial charge < -0.3 is 9.80 Å². The summed E-state index contributed by atoms with van der Waals surface area (Å²) in [7, 11) is 1.53. The molecule has 138 valence electrons. The molecule has 2 aliphatic heterocycles. The first kappa shape index (κ1) is 17.5. The van der Waals surface area contributed by atoms with Crippen LogP contribution in [0.5, 0.6) is 0 Å². The maximum absolute atomic E-state index is 12.8. The highest BCUT2D eigenvalue weighted by Gasteiger charge is 2.40.